The predicted molar refractivity (Wildman–Crippen MR) is 120 cm³/mol. The number of pyridine rings is 1. The number of hydrogen-bond donors (Lipinski definition) is 1. The zero-order valence-electron chi connectivity index (χ0n) is 17.8. The van der Waals surface area contributed by atoms with Crippen molar-refractivity contribution >= 4 is 17.6 Å². The second-order valence-electron chi connectivity index (χ2n) is 8.06. The van der Waals surface area contributed by atoms with E-state index in [1.165, 1.54) is 0 Å². The number of ether oxygens (including phenoxy) is 1. The molecule has 0 radical (unpaired) electrons. The molecule has 32 heavy (non-hydrogen) atoms. The van der Waals surface area contributed by atoms with Crippen LogP contribution < -0.4 is 15.0 Å². The Morgan fingerprint density at radius 3 is 2.62 bits per heavy atom. The topological polar surface area (TPSA) is 79.7 Å². The highest BCUT2D eigenvalue weighted by molar-refractivity contribution is 5.96. The van der Waals surface area contributed by atoms with Crippen LogP contribution in [0.5, 0.6) is 5.75 Å². The number of nitrogens with zero attached hydrogens (tertiary/aromatic N) is 4. The van der Waals surface area contributed by atoms with E-state index >= 15 is 0 Å². The highest BCUT2D eigenvalue weighted by Gasteiger charge is 2.36. The molecule has 5 rings (SSSR count). The molecule has 2 aliphatic rings. The average Bonchev–Trinajstić information content (AvgIpc) is 3.45. The maximum absolute atomic E-state index is 13.3. The van der Waals surface area contributed by atoms with Gasteiger partial charge in [-0.25, -0.2) is 4.79 Å². The van der Waals surface area contributed by atoms with E-state index in [4.69, 9.17) is 4.74 Å². The van der Waals surface area contributed by atoms with E-state index < -0.39 is 0 Å². The zero-order chi connectivity index (χ0) is 22.1. The van der Waals surface area contributed by atoms with Crippen molar-refractivity contribution in [2.75, 3.05) is 25.1 Å². The molecule has 4 heterocycles. The fraction of sp³-hybridized carbons (Fsp3) is 0.292. The second-order valence-corrected chi connectivity index (χ2v) is 8.06. The molecular formula is C24H25N5O3. The average molecular weight is 431 g/mol. The van der Waals surface area contributed by atoms with Gasteiger partial charge < -0.3 is 24.4 Å². The number of nitrogens with one attached hydrogen (secondary N) is 1. The molecule has 0 aliphatic carbocycles. The summed E-state index contributed by atoms with van der Waals surface area (Å²) in [6.07, 6.45) is 5.81. The van der Waals surface area contributed by atoms with Gasteiger partial charge >= 0.3 is 6.03 Å². The van der Waals surface area contributed by atoms with E-state index in [1.807, 2.05) is 53.6 Å². The van der Waals surface area contributed by atoms with Crippen molar-refractivity contribution < 1.29 is 14.3 Å². The summed E-state index contributed by atoms with van der Waals surface area (Å²) in [7, 11) is 1.61. The summed E-state index contributed by atoms with van der Waals surface area (Å²) in [4.78, 5) is 33.7. The lowest BCUT2D eigenvalue weighted by Crippen LogP contribution is -2.50. The van der Waals surface area contributed by atoms with Gasteiger partial charge in [0, 0.05) is 56.0 Å². The first-order valence-corrected chi connectivity index (χ1v) is 10.7. The highest BCUT2D eigenvalue weighted by Crippen LogP contribution is 2.32. The Balaban J connectivity index is 1.32. The van der Waals surface area contributed by atoms with E-state index in [2.05, 4.69) is 20.9 Å². The molecule has 0 saturated carbocycles. The van der Waals surface area contributed by atoms with E-state index in [0.29, 0.717) is 13.1 Å². The SMILES string of the molecule is COc1ccc(N2CC(NC(=O)N3CCn4cccc4C3c3ccncc3)CC2=O)cc1. The monoisotopic (exact) mass is 431 g/mol. The summed E-state index contributed by atoms with van der Waals surface area (Å²) in [5, 5.41) is 3.10. The molecule has 2 atom stereocenters. The minimum absolute atomic E-state index is 0.00123. The Hall–Kier alpha value is -3.81. The Kier molecular flexibility index (Phi) is 5.26. The summed E-state index contributed by atoms with van der Waals surface area (Å²) in [5.41, 5.74) is 2.88. The molecule has 164 valence electrons. The first-order chi connectivity index (χ1) is 15.6. The Bertz CT molecular complexity index is 1110. The lowest BCUT2D eigenvalue weighted by atomic mass is 10.0. The highest BCUT2D eigenvalue weighted by atomic mass is 16.5. The Labute approximate surface area is 186 Å². The molecule has 0 bridgehead atoms. The van der Waals surface area contributed by atoms with E-state index in [9.17, 15) is 9.59 Å². The number of hydrogen-bond acceptors (Lipinski definition) is 4. The predicted octanol–water partition coefficient (Wildman–Crippen LogP) is 2.81. The third kappa shape index (κ3) is 3.68. The van der Waals surface area contributed by atoms with Crippen LogP contribution in [0.3, 0.4) is 0 Å². The van der Waals surface area contributed by atoms with Crippen LogP contribution in [0.4, 0.5) is 10.5 Å². The Morgan fingerprint density at radius 1 is 1.09 bits per heavy atom. The summed E-state index contributed by atoms with van der Waals surface area (Å²) in [5.74, 6) is 0.737. The molecule has 1 N–H and O–H groups in total. The molecule has 2 unspecified atom stereocenters. The Morgan fingerprint density at radius 2 is 1.88 bits per heavy atom. The van der Waals surface area contributed by atoms with Crippen LogP contribution >= 0.6 is 0 Å². The van der Waals surface area contributed by atoms with Gasteiger partial charge in [-0.3, -0.25) is 9.78 Å². The maximum atomic E-state index is 13.3. The van der Waals surface area contributed by atoms with Gasteiger partial charge in [-0.2, -0.15) is 0 Å². The van der Waals surface area contributed by atoms with Crippen molar-refractivity contribution in [3.63, 3.8) is 0 Å². The first-order valence-electron chi connectivity index (χ1n) is 10.7. The number of fused-ring (bicyclic) bond motifs is 1. The summed E-state index contributed by atoms with van der Waals surface area (Å²) >= 11 is 0. The molecular weight excluding hydrogens is 406 g/mol. The fourth-order valence-electron chi connectivity index (χ4n) is 4.57. The number of carbonyl (C=O) groups excluding carboxylic acids is 2. The van der Waals surface area contributed by atoms with Crippen LogP contribution in [0.25, 0.3) is 0 Å². The van der Waals surface area contributed by atoms with E-state index in [0.717, 1.165) is 29.2 Å². The smallest absolute Gasteiger partial charge is 0.318 e. The van der Waals surface area contributed by atoms with Crippen molar-refractivity contribution in [3.05, 3.63) is 78.4 Å². The number of aromatic nitrogens is 2. The first kappa shape index (κ1) is 20.1. The van der Waals surface area contributed by atoms with Crippen molar-refractivity contribution in [1.29, 1.82) is 0 Å². The molecule has 3 aromatic rings. The van der Waals surface area contributed by atoms with Crippen molar-refractivity contribution in [1.82, 2.24) is 19.8 Å². The normalized spacial score (nSPS) is 20.2. The number of anilines is 1. The maximum Gasteiger partial charge on any atom is 0.318 e. The third-order valence-corrected chi connectivity index (χ3v) is 6.16. The van der Waals surface area contributed by atoms with Crippen LogP contribution in [0, 0.1) is 0 Å². The molecule has 0 spiro atoms. The lowest BCUT2D eigenvalue weighted by Gasteiger charge is -2.37. The number of benzene rings is 1. The van der Waals surface area contributed by atoms with Gasteiger partial charge in [0.1, 0.15) is 5.75 Å². The largest absolute Gasteiger partial charge is 0.497 e. The summed E-state index contributed by atoms with van der Waals surface area (Å²) in [6, 6.07) is 14.7. The van der Waals surface area contributed by atoms with Gasteiger partial charge in [0.05, 0.1) is 19.2 Å². The molecule has 1 aromatic carbocycles. The zero-order valence-corrected chi connectivity index (χ0v) is 17.8. The number of urea groups is 1. The quantitative estimate of drug-likeness (QED) is 0.689. The molecule has 3 amide bonds. The van der Waals surface area contributed by atoms with Crippen LogP contribution in [0.15, 0.2) is 67.1 Å². The van der Waals surface area contributed by atoms with Crippen LogP contribution in [-0.2, 0) is 11.3 Å². The van der Waals surface area contributed by atoms with Gasteiger partial charge in [-0.15, -0.1) is 0 Å². The third-order valence-electron chi connectivity index (χ3n) is 6.16. The molecule has 8 nitrogen and oxygen atoms in total. The van der Waals surface area contributed by atoms with Gasteiger partial charge in [0.2, 0.25) is 5.91 Å². The number of methoxy groups -OCH3 is 1. The van der Waals surface area contributed by atoms with Gasteiger partial charge in [0.25, 0.3) is 0 Å². The van der Waals surface area contributed by atoms with E-state index in [-0.39, 0.29) is 30.4 Å². The molecule has 2 aromatic heterocycles. The minimum Gasteiger partial charge on any atom is -0.497 e. The number of carbonyl (C=O) groups is 2. The van der Waals surface area contributed by atoms with Crippen LogP contribution in [0.2, 0.25) is 0 Å². The number of amides is 3. The van der Waals surface area contributed by atoms with Gasteiger partial charge in [-0.1, -0.05) is 0 Å². The van der Waals surface area contributed by atoms with Crippen molar-refractivity contribution in [3.8, 4) is 5.75 Å². The molecule has 1 fully saturated rings. The molecule has 8 heteroatoms. The number of rotatable bonds is 4. The van der Waals surface area contributed by atoms with Gasteiger partial charge in [0.15, 0.2) is 0 Å². The van der Waals surface area contributed by atoms with Crippen molar-refractivity contribution in [2.24, 2.45) is 0 Å². The fourth-order valence-corrected chi connectivity index (χ4v) is 4.57. The van der Waals surface area contributed by atoms with Crippen LogP contribution in [-0.4, -0.2) is 52.6 Å². The van der Waals surface area contributed by atoms with E-state index in [1.54, 1.807) is 24.4 Å². The minimum atomic E-state index is -0.246. The van der Waals surface area contributed by atoms with Gasteiger partial charge in [-0.05, 0) is 54.1 Å². The van der Waals surface area contributed by atoms with Crippen LogP contribution in [0.1, 0.15) is 23.7 Å². The summed E-state index contributed by atoms with van der Waals surface area (Å²) in [6.45, 7) is 1.77. The summed E-state index contributed by atoms with van der Waals surface area (Å²) < 4.78 is 7.37. The molecule has 2 aliphatic heterocycles. The molecule has 1 saturated heterocycles. The lowest BCUT2D eigenvalue weighted by molar-refractivity contribution is -0.117. The van der Waals surface area contributed by atoms with Crippen molar-refractivity contribution in [2.45, 2.75) is 25.0 Å². The second kappa shape index (κ2) is 8.37. The standard InChI is InChI=1S/C24H25N5O3/c1-32-20-6-4-19(5-7-20)29-16-18(15-22(29)30)26-24(31)28-14-13-27-12-2-3-21(27)23(28)17-8-10-25-11-9-17/h2-12,18,23H,13-16H2,1H3,(H,26,31).